The van der Waals surface area contributed by atoms with Gasteiger partial charge in [0, 0.05) is 19.5 Å². The highest BCUT2D eigenvalue weighted by Gasteiger charge is 2.34. The molecule has 0 spiro atoms. The van der Waals surface area contributed by atoms with Crippen LogP contribution in [0.3, 0.4) is 0 Å². The van der Waals surface area contributed by atoms with Gasteiger partial charge < -0.3 is 10.2 Å². The van der Waals surface area contributed by atoms with Crippen molar-refractivity contribution in [3.63, 3.8) is 0 Å². The number of carbonyl (C=O) groups is 2. The molecule has 8 heteroatoms. The Morgan fingerprint density at radius 3 is 2.64 bits per heavy atom. The van der Waals surface area contributed by atoms with Gasteiger partial charge in [0.1, 0.15) is 5.69 Å². The van der Waals surface area contributed by atoms with Crippen LogP contribution in [-0.2, 0) is 9.59 Å². The van der Waals surface area contributed by atoms with Crippen molar-refractivity contribution < 1.29 is 14.2 Å². The average molecular weight is 349 g/mol. The summed E-state index contributed by atoms with van der Waals surface area (Å²) < 4.78 is 4.58. The molecule has 2 fully saturated rings. The lowest BCUT2D eigenvalue weighted by atomic mass is 9.81. The van der Waals surface area contributed by atoms with E-state index in [0.29, 0.717) is 29.9 Å². The Hall–Kier alpha value is -1.96. The molecule has 2 saturated heterocycles. The standard InChI is InChI=1S/C17H27N5O3/c1-12-16(20-25-19-12)18-15(23)11-22-9-6-13(7-10-22)14-5-3-4-8-21(2)17(14)24/h13-14H,3-11H2,1-2H3,(H,18,20,23)/t14-/m1/s1. The van der Waals surface area contributed by atoms with Crippen LogP contribution in [0.2, 0.25) is 0 Å². The molecule has 3 rings (SSSR count). The van der Waals surface area contributed by atoms with Gasteiger partial charge >= 0.3 is 0 Å². The number of hydrogen-bond acceptors (Lipinski definition) is 6. The van der Waals surface area contributed by atoms with Gasteiger partial charge in [-0.3, -0.25) is 14.5 Å². The molecule has 1 N–H and O–H groups in total. The lowest BCUT2D eigenvalue weighted by Crippen LogP contribution is -2.43. The Kier molecular flexibility index (Phi) is 5.67. The molecule has 138 valence electrons. The minimum absolute atomic E-state index is 0.109. The number of rotatable bonds is 4. The highest BCUT2D eigenvalue weighted by atomic mass is 16.6. The van der Waals surface area contributed by atoms with E-state index < -0.39 is 0 Å². The van der Waals surface area contributed by atoms with Crippen molar-refractivity contribution in [1.29, 1.82) is 0 Å². The highest BCUT2D eigenvalue weighted by molar-refractivity contribution is 5.91. The second-order valence-electron chi connectivity index (χ2n) is 7.22. The summed E-state index contributed by atoms with van der Waals surface area (Å²) in [5.41, 5.74) is 0.572. The Bertz CT molecular complexity index is 609. The van der Waals surface area contributed by atoms with Crippen LogP contribution in [0.25, 0.3) is 0 Å². The largest absolute Gasteiger partial charge is 0.346 e. The van der Waals surface area contributed by atoms with Crippen molar-refractivity contribution in [1.82, 2.24) is 20.1 Å². The first-order chi connectivity index (χ1) is 12.0. The smallest absolute Gasteiger partial charge is 0.239 e. The van der Waals surface area contributed by atoms with Crippen LogP contribution >= 0.6 is 0 Å². The summed E-state index contributed by atoms with van der Waals surface area (Å²) in [5, 5.41) is 10.0. The van der Waals surface area contributed by atoms with Crippen molar-refractivity contribution in [3.05, 3.63) is 5.69 Å². The first kappa shape index (κ1) is 17.8. The van der Waals surface area contributed by atoms with E-state index in [9.17, 15) is 9.59 Å². The molecule has 2 amide bonds. The maximum absolute atomic E-state index is 12.5. The molecule has 0 aromatic carbocycles. The normalized spacial score (nSPS) is 23.5. The van der Waals surface area contributed by atoms with Gasteiger partial charge in [0.2, 0.25) is 11.8 Å². The van der Waals surface area contributed by atoms with Gasteiger partial charge in [-0.1, -0.05) is 11.6 Å². The summed E-state index contributed by atoms with van der Waals surface area (Å²) >= 11 is 0. The SMILES string of the molecule is Cc1nonc1NC(=O)CN1CCC([C@H]2CCCCN(C)C2=O)CC1. The zero-order valence-electron chi connectivity index (χ0n) is 15.0. The number of likely N-dealkylation sites (tertiary alicyclic amines) is 2. The maximum Gasteiger partial charge on any atom is 0.239 e. The first-order valence-electron chi connectivity index (χ1n) is 9.11. The van der Waals surface area contributed by atoms with Gasteiger partial charge in [-0.05, 0) is 56.8 Å². The predicted octanol–water partition coefficient (Wildman–Crippen LogP) is 1.29. The van der Waals surface area contributed by atoms with E-state index >= 15 is 0 Å². The molecule has 0 radical (unpaired) electrons. The Morgan fingerprint density at radius 1 is 1.20 bits per heavy atom. The molecule has 2 aliphatic heterocycles. The minimum Gasteiger partial charge on any atom is -0.346 e. The average Bonchev–Trinajstić information content (AvgIpc) is 2.91. The van der Waals surface area contributed by atoms with E-state index in [1.165, 1.54) is 0 Å². The number of amides is 2. The van der Waals surface area contributed by atoms with E-state index in [0.717, 1.165) is 51.7 Å². The molecule has 25 heavy (non-hydrogen) atoms. The van der Waals surface area contributed by atoms with E-state index in [1.54, 1.807) is 6.92 Å². The van der Waals surface area contributed by atoms with Crippen molar-refractivity contribution in [2.24, 2.45) is 11.8 Å². The number of hydrogen-bond donors (Lipinski definition) is 1. The quantitative estimate of drug-likeness (QED) is 0.881. The van der Waals surface area contributed by atoms with Crippen LogP contribution in [0.1, 0.15) is 37.8 Å². The zero-order chi connectivity index (χ0) is 17.8. The molecular formula is C17H27N5O3. The van der Waals surface area contributed by atoms with Crippen molar-refractivity contribution >= 4 is 17.6 Å². The molecule has 1 atom stereocenters. The molecule has 1 aromatic rings. The van der Waals surface area contributed by atoms with Crippen molar-refractivity contribution in [2.75, 3.05) is 38.5 Å². The summed E-state index contributed by atoms with van der Waals surface area (Å²) in [4.78, 5) is 28.7. The third-order valence-electron chi connectivity index (χ3n) is 5.43. The number of anilines is 1. The molecule has 0 aliphatic carbocycles. The third-order valence-corrected chi connectivity index (χ3v) is 5.43. The molecule has 1 aromatic heterocycles. The van der Waals surface area contributed by atoms with Gasteiger partial charge in [-0.2, -0.15) is 0 Å². The topological polar surface area (TPSA) is 91.6 Å². The van der Waals surface area contributed by atoms with Crippen LogP contribution < -0.4 is 5.32 Å². The molecular weight excluding hydrogens is 322 g/mol. The van der Waals surface area contributed by atoms with Gasteiger partial charge in [-0.15, -0.1) is 0 Å². The summed E-state index contributed by atoms with van der Waals surface area (Å²) in [6, 6.07) is 0. The summed E-state index contributed by atoms with van der Waals surface area (Å²) in [5.74, 6) is 1.18. The molecule has 0 unspecified atom stereocenters. The number of aromatic nitrogens is 2. The number of nitrogens with one attached hydrogen (secondary N) is 1. The van der Waals surface area contributed by atoms with Gasteiger partial charge in [0.25, 0.3) is 0 Å². The summed E-state index contributed by atoms with van der Waals surface area (Å²) in [6.45, 7) is 4.64. The lowest BCUT2D eigenvalue weighted by Gasteiger charge is -2.35. The summed E-state index contributed by atoms with van der Waals surface area (Å²) in [6.07, 6.45) is 5.19. The fraction of sp³-hybridized carbons (Fsp3) is 0.765. The lowest BCUT2D eigenvalue weighted by molar-refractivity contribution is -0.136. The van der Waals surface area contributed by atoms with Crippen LogP contribution in [0.15, 0.2) is 4.63 Å². The Morgan fingerprint density at radius 2 is 1.96 bits per heavy atom. The molecule has 2 aliphatic rings. The zero-order valence-corrected chi connectivity index (χ0v) is 15.0. The molecule has 3 heterocycles. The monoisotopic (exact) mass is 349 g/mol. The molecule has 0 bridgehead atoms. The van der Waals surface area contributed by atoms with Gasteiger partial charge in [0.05, 0.1) is 6.54 Å². The number of nitrogens with zero attached hydrogens (tertiary/aromatic N) is 4. The number of piperidine rings is 1. The minimum atomic E-state index is -0.109. The second-order valence-corrected chi connectivity index (χ2v) is 7.22. The predicted molar refractivity (Wildman–Crippen MR) is 91.8 cm³/mol. The summed E-state index contributed by atoms with van der Waals surface area (Å²) in [7, 11) is 1.92. The fourth-order valence-electron chi connectivity index (χ4n) is 3.90. The third kappa shape index (κ3) is 4.36. The fourth-order valence-corrected chi connectivity index (χ4v) is 3.90. The van der Waals surface area contributed by atoms with E-state index in [4.69, 9.17) is 0 Å². The number of aryl methyl sites for hydroxylation is 1. The second kappa shape index (κ2) is 7.95. The van der Waals surface area contributed by atoms with Crippen LogP contribution in [-0.4, -0.2) is 65.2 Å². The van der Waals surface area contributed by atoms with E-state index in [2.05, 4.69) is 25.2 Å². The van der Waals surface area contributed by atoms with E-state index in [1.807, 2.05) is 11.9 Å². The van der Waals surface area contributed by atoms with Crippen molar-refractivity contribution in [3.8, 4) is 0 Å². The number of carbonyl (C=O) groups excluding carboxylic acids is 2. The highest BCUT2D eigenvalue weighted by Crippen LogP contribution is 2.31. The van der Waals surface area contributed by atoms with E-state index in [-0.39, 0.29) is 11.8 Å². The van der Waals surface area contributed by atoms with Crippen molar-refractivity contribution in [2.45, 2.75) is 39.0 Å². The van der Waals surface area contributed by atoms with Crippen LogP contribution in [0.5, 0.6) is 0 Å². The van der Waals surface area contributed by atoms with Gasteiger partial charge in [0.15, 0.2) is 5.82 Å². The first-order valence-corrected chi connectivity index (χ1v) is 9.11. The molecule has 0 saturated carbocycles. The van der Waals surface area contributed by atoms with Gasteiger partial charge in [-0.25, -0.2) is 4.63 Å². The maximum atomic E-state index is 12.5. The van der Waals surface area contributed by atoms with Crippen LogP contribution in [0.4, 0.5) is 5.82 Å². The Labute approximate surface area is 147 Å². The Balaban J connectivity index is 1.47. The van der Waals surface area contributed by atoms with Crippen LogP contribution in [0, 0.1) is 18.8 Å². The molecule has 8 nitrogen and oxygen atoms in total.